The summed E-state index contributed by atoms with van der Waals surface area (Å²) < 4.78 is 1.42. The molecule has 0 aliphatic heterocycles. The normalized spacial score (nSPS) is 10.8. The summed E-state index contributed by atoms with van der Waals surface area (Å²) in [5.74, 6) is -0.325. The zero-order chi connectivity index (χ0) is 17.1. The molecule has 0 saturated carbocycles. The maximum absolute atomic E-state index is 13.0. The van der Waals surface area contributed by atoms with Gasteiger partial charge in [0.1, 0.15) is 0 Å². The van der Waals surface area contributed by atoms with Crippen molar-refractivity contribution < 1.29 is 9.59 Å². The summed E-state index contributed by atoms with van der Waals surface area (Å²) in [4.78, 5) is 31.9. The number of aromatic nitrogens is 2. The summed E-state index contributed by atoms with van der Waals surface area (Å²) >= 11 is 0. The average molecular weight is 321 g/mol. The second kappa shape index (κ2) is 6.66. The van der Waals surface area contributed by atoms with Gasteiger partial charge in [0.2, 0.25) is 5.82 Å². The van der Waals surface area contributed by atoms with Crippen LogP contribution >= 0.6 is 0 Å². The summed E-state index contributed by atoms with van der Waals surface area (Å²) in [6.45, 7) is 4.96. The molecule has 0 bridgehead atoms. The number of para-hydroxylation sites is 2. The van der Waals surface area contributed by atoms with Gasteiger partial charge in [-0.3, -0.25) is 14.2 Å². The minimum atomic E-state index is -0.250. The van der Waals surface area contributed by atoms with Gasteiger partial charge in [-0.1, -0.05) is 30.3 Å². The number of benzene rings is 2. The minimum absolute atomic E-state index is 0.161. The van der Waals surface area contributed by atoms with E-state index in [1.165, 1.54) is 4.57 Å². The average Bonchev–Trinajstić information content (AvgIpc) is 3.02. The van der Waals surface area contributed by atoms with E-state index in [1.54, 1.807) is 29.2 Å². The first-order valence-corrected chi connectivity index (χ1v) is 8.03. The molecular weight excluding hydrogens is 302 g/mol. The third-order valence-corrected chi connectivity index (χ3v) is 4.03. The Morgan fingerprint density at radius 3 is 2.25 bits per heavy atom. The Morgan fingerprint density at radius 1 is 0.958 bits per heavy atom. The molecule has 5 heteroatoms. The number of carbonyl (C=O) groups excluding carboxylic acids is 2. The maximum atomic E-state index is 13.0. The lowest BCUT2D eigenvalue weighted by Crippen LogP contribution is -2.33. The molecule has 122 valence electrons. The molecule has 0 aliphatic rings. The van der Waals surface area contributed by atoms with Crippen LogP contribution in [0.4, 0.5) is 0 Å². The van der Waals surface area contributed by atoms with Gasteiger partial charge in [0, 0.05) is 18.7 Å². The Hall–Kier alpha value is -2.95. The Labute approximate surface area is 140 Å². The van der Waals surface area contributed by atoms with Crippen molar-refractivity contribution in [3.63, 3.8) is 0 Å². The van der Waals surface area contributed by atoms with Crippen molar-refractivity contribution in [3.8, 4) is 0 Å². The van der Waals surface area contributed by atoms with Crippen LogP contribution in [0.25, 0.3) is 11.0 Å². The number of imidazole rings is 1. The van der Waals surface area contributed by atoms with Crippen LogP contribution in [-0.4, -0.2) is 39.4 Å². The van der Waals surface area contributed by atoms with Crippen LogP contribution < -0.4 is 0 Å². The van der Waals surface area contributed by atoms with Gasteiger partial charge >= 0.3 is 0 Å². The van der Waals surface area contributed by atoms with Gasteiger partial charge in [-0.25, -0.2) is 4.98 Å². The van der Waals surface area contributed by atoms with E-state index < -0.39 is 0 Å². The summed E-state index contributed by atoms with van der Waals surface area (Å²) in [6.07, 6.45) is 0. The van der Waals surface area contributed by atoms with E-state index in [-0.39, 0.29) is 17.6 Å². The predicted octanol–water partition coefficient (Wildman–Crippen LogP) is 3.21. The first kappa shape index (κ1) is 15.9. The Kier molecular flexibility index (Phi) is 4.42. The van der Waals surface area contributed by atoms with Crippen molar-refractivity contribution in [3.05, 3.63) is 66.0 Å². The van der Waals surface area contributed by atoms with Crippen LogP contribution in [0.3, 0.4) is 0 Å². The smallest absolute Gasteiger partial charge is 0.290 e. The molecule has 1 aromatic heterocycles. The minimum Gasteiger partial charge on any atom is -0.337 e. The molecule has 5 nitrogen and oxygen atoms in total. The standard InChI is InChI=1S/C19H19N3O2/c1-3-21(4-2)19(24)17-20-15-12-8-9-13-16(15)22(17)18(23)14-10-6-5-7-11-14/h5-13H,3-4H2,1-2H3. The van der Waals surface area contributed by atoms with Crippen molar-refractivity contribution in [1.29, 1.82) is 0 Å². The van der Waals surface area contributed by atoms with E-state index in [0.717, 1.165) is 0 Å². The van der Waals surface area contributed by atoms with Crippen LogP contribution in [0.2, 0.25) is 0 Å². The lowest BCUT2D eigenvalue weighted by molar-refractivity contribution is 0.0745. The Morgan fingerprint density at radius 2 is 1.58 bits per heavy atom. The highest BCUT2D eigenvalue weighted by molar-refractivity contribution is 6.07. The van der Waals surface area contributed by atoms with Gasteiger partial charge in [-0.15, -0.1) is 0 Å². The third-order valence-electron chi connectivity index (χ3n) is 4.03. The number of amides is 1. The number of hydrogen-bond donors (Lipinski definition) is 0. The van der Waals surface area contributed by atoms with E-state index >= 15 is 0 Å². The van der Waals surface area contributed by atoms with Gasteiger partial charge in [-0.2, -0.15) is 0 Å². The second-order valence-corrected chi connectivity index (χ2v) is 5.41. The number of carbonyl (C=O) groups is 2. The van der Waals surface area contributed by atoms with Gasteiger partial charge in [0.25, 0.3) is 11.8 Å². The van der Waals surface area contributed by atoms with Crippen molar-refractivity contribution in [2.45, 2.75) is 13.8 Å². The number of fused-ring (bicyclic) bond motifs is 1. The molecule has 0 spiro atoms. The molecule has 0 N–H and O–H groups in total. The van der Waals surface area contributed by atoms with Gasteiger partial charge in [0.05, 0.1) is 11.0 Å². The van der Waals surface area contributed by atoms with Crippen molar-refractivity contribution in [2.75, 3.05) is 13.1 Å². The molecule has 3 aromatic rings. The molecule has 0 aliphatic carbocycles. The molecule has 1 amide bonds. The monoisotopic (exact) mass is 321 g/mol. The largest absolute Gasteiger partial charge is 0.337 e. The molecule has 0 radical (unpaired) electrons. The van der Waals surface area contributed by atoms with E-state index in [2.05, 4.69) is 4.98 Å². The molecule has 0 unspecified atom stereocenters. The number of rotatable bonds is 4. The summed E-state index contributed by atoms with van der Waals surface area (Å²) in [5, 5.41) is 0. The molecule has 0 atom stereocenters. The first-order chi connectivity index (χ1) is 11.7. The predicted molar refractivity (Wildman–Crippen MR) is 93.2 cm³/mol. The topological polar surface area (TPSA) is 55.2 Å². The fourth-order valence-electron chi connectivity index (χ4n) is 2.74. The second-order valence-electron chi connectivity index (χ2n) is 5.41. The fraction of sp³-hybridized carbons (Fsp3) is 0.211. The van der Waals surface area contributed by atoms with Crippen LogP contribution in [0.1, 0.15) is 34.8 Å². The van der Waals surface area contributed by atoms with Gasteiger partial charge < -0.3 is 4.90 Å². The molecule has 2 aromatic carbocycles. The van der Waals surface area contributed by atoms with Crippen LogP contribution in [-0.2, 0) is 0 Å². The third kappa shape index (κ3) is 2.69. The lowest BCUT2D eigenvalue weighted by Gasteiger charge is -2.18. The highest BCUT2D eigenvalue weighted by atomic mass is 16.2. The number of nitrogens with zero attached hydrogens (tertiary/aromatic N) is 3. The van der Waals surface area contributed by atoms with Gasteiger partial charge in [0.15, 0.2) is 0 Å². The fourth-order valence-corrected chi connectivity index (χ4v) is 2.74. The summed E-state index contributed by atoms with van der Waals surface area (Å²) in [5.41, 5.74) is 1.80. The van der Waals surface area contributed by atoms with Gasteiger partial charge in [-0.05, 0) is 38.1 Å². The maximum Gasteiger partial charge on any atom is 0.290 e. The SMILES string of the molecule is CCN(CC)C(=O)c1nc2ccccc2n1C(=O)c1ccccc1. The Bertz CT molecular complexity index is 880. The quantitative estimate of drug-likeness (QED) is 0.741. The van der Waals surface area contributed by atoms with Crippen LogP contribution in [0.5, 0.6) is 0 Å². The van der Waals surface area contributed by atoms with E-state index in [0.29, 0.717) is 29.7 Å². The lowest BCUT2D eigenvalue weighted by atomic mass is 10.2. The van der Waals surface area contributed by atoms with Crippen molar-refractivity contribution in [2.24, 2.45) is 0 Å². The zero-order valence-electron chi connectivity index (χ0n) is 13.8. The van der Waals surface area contributed by atoms with E-state index in [4.69, 9.17) is 0 Å². The zero-order valence-corrected chi connectivity index (χ0v) is 13.8. The highest BCUT2D eigenvalue weighted by Gasteiger charge is 2.25. The molecule has 3 rings (SSSR count). The highest BCUT2D eigenvalue weighted by Crippen LogP contribution is 2.19. The van der Waals surface area contributed by atoms with Crippen LogP contribution in [0.15, 0.2) is 54.6 Å². The first-order valence-electron chi connectivity index (χ1n) is 8.03. The van der Waals surface area contributed by atoms with Crippen LogP contribution in [0, 0.1) is 0 Å². The molecule has 24 heavy (non-hydrogen) atoms. The summed E-state index contributed by atoms with van der Waals surface area (Å²) in [6, 6.07) is 16.2. The van der Waals surface area contributed by atoms with E-state index in [9.17, 15) is 9.59 Å². The summed E-state index contributed by atoms with van der Waals surface area (Å²) in [7, 11) is 0. The molecule has 0 saturated heterocycles. The molecule has 1 heterocycles. The molecule has 0 fully saturated rings. The molecular formula is C19H19N3O2. The van der Waals surface area contributed by atoms with Crippen molar-refractivity contribution >= 4 is 22.8 Å². The van der Waals surface area contributed by atoms with E-state index in [1.807, 2.05) is 44.2 Å². The Balaban J connectivity index is 2.19. The van der Waals surface area contributed by atoms with Crippen molar-refractivity contribution in [1.82, 2.24) is 14.5 Å². The number of hydrogen-bond acceptors (Lipinski definition) is 3.